The Morgan fingerprint density at radius 3 is 2.75 bits per heavy atom. The second kappa shape index (κ2) is 5.47. The van der Waals surface area contributed by atoms with Crippen LogP contribution in [0.5, 0.6) is 0 Å². The second-order valence-corrected chi connectivity index (χ2v) is 4.92. The van der Waals surface area contributed by atoms with Crippen molar-refractivity contribution in [2.45, 2.75) is 25.9 Å². The number of hydrogen-bond donors (Lipinski definition) is 1. The van der Waals surface area contributed by atoms with Crippen LogP contribution in [0.2, 0.25) is 0 Å². The number of rotatable bonds is 4. The van der Waals surface area contributed by atoms with Crippen molar-refractivity contribution in [2.75, 3.05) is 0 Å². The van der Waals surface area contributed by atoms with Crippen LogP contribution < -0.4 is 0 Å². The number of aliphatic hydroxyl groups excluding tert-OH is 1. The van der Waals surface area contributed by atoms with Crippen LogP contribution in [-0.4, -0.2) is 10.1 Å². The number of pyridine rings is 1. The Morgan fingerprint density at radius 1 is 1.20 bits per heavy atom. The third-order valence-corrected chi connectivity index (χ3v) is 3.47. The largest absolute Gasteiger partial charge is 0.458 e. The Kier molecular flexibility index (Phi) is 3.52. The van der Waals surface area contributed by atoms with Gasteiger partial charge < -0.3 is 9.52 Å². The molecule has 0 aliphatic rings. The SMILES string of the molecule is CCc1ccc(CC(O)c2cc3ccccc3o2)nc1. The smallest absolute Gasteiger partial charge is 0.134 e. The number of fused-ring (bicyclic) bond motifs is 1. The molecule has 2 aromatic heterocycles. The van der Waals surface area contributed by atoms with Gasteiger partial charge in [-0.3, -0.25) is 4.98 Å². The summed E-state index contributed by atoms with van der Waals surface area (Å²) < 4.78 is 5.67. The molecule has 0 aliphatic heterocycles. The normalized spacial score (nSPS) is 12.7. The Labute approximate surface area is 117 Å². The van der Waals surface area contributed by atoms with Crippen LogP contribution >= 0.6 is 0 Å². The van der Waals surface area contributed by atoms with Crippen LogP contribution in [0, 0.1) is 0 Å². The molecule has 1 atom stereocenters. The molecule has 0 saturated carbocycles. The van der Waals surface area contributed by atoms with E-state index in [4.69, 9.17) is 4.42 Å². The lowest BCUT2D eigenvalue weighted by Gasteiger charge is -2.07. The fourth-order valence-electron chi connectivity index (χ4n) is 2.25. The maximum absolute atomic E-state index is 10.3. The summed E-state index contributed by atoms with van der Waals surface area (Å²) in [6, 6.07) is 13.7. The number of aryl methyl sites for hydroxylation is 1. The monoisotopic (exact) mass is 267 g/mol. The average Bonchev–Trinajstić information content (AvgIpc) is 2.92. The van der Waals surface area contributed by atoms with Gasteiger partial charge >= 0.3 is 0 Å². The third-order valence-electron chi connectivity index (χ3n) is 3.47. The summed E-state index contributed by atoms with van der Waals surface area (Å²) in [5, 5.41) is 11.3. The summed E-state index contributed by atoms with van der Waals surface area (Å²) in [5.74, 6) is 0.590. The minimum Gasteiger partial charge on any atom is -0.458 e. The van der Waals surface area contributed by atoms with Crippen molar-refractivity contribution in [1.29, 1.82) is 0 Å². The van der Waals surface area contributed by atoms with E-state index in [1.807, 2.05) is 48.7 Å². The number of para-hydroxylation sites is 1. The first kappa shape index (κ1) is 12.9. The quantitative estimate of drug-likeness (QED) is 0.784. The molecule has 1 unspecified atom stereocenters. The topological polar surface area (TPSA) is 46.3 Å². The third kappa shape index (κ3) is 2.58. The molecule has 0 aliphatic carbocycles. The van der Waals surface area contributed by atoms with Crippen LogP contribution in [0.25, 0.3) is 11.0 Å². The Hall–Kier alpha value is -2.13. The maximum atomic E-state index is 10.3. The fourth-order valence-corrected chi connectivity index (χ4v) is 2.25. The van der Waals surface area contributed by atoms with E-state index in [1.165, 1.54) is 5.56 Å². The van der Waals surface area contributed by atoms with Crippen LogP contribution in [-0.2, 0) is 12.8 Å². The molecule has 0 amide bonds. The first-order valence-corrected chi connectivity index (χ1v) is 6.86. The molecule has 3 aromatic rings. The molecular formula is C17H17NO2. The number of hydrogen-bond acceptors (Lipinski definition) is 3. The lowest BCUT2D eigenvalue weighted by atomic mass is 10.1. The predicted molar refractivity (Wildman–Crippen MR) is 78.5 cm³/mol. The molecule has 0 radical (unpaired) electrons. The van der Waals surface area contributed by atoms with Gasteiger partial charge in [0.05, 0.1) is 0 Å². The molecular weight excluding hydrogens is 250 g/mol. The lowest BCUT2D eigenvalue weighted by molar-refractivity contribution is 0.151. The maximum Gasteiger partial charge on any atom is 0.134 e. The van der Waals surface area contributed by atoms with Gasteiger partial charge in [0.1, 0.15) is 17.4 Å². The first-order valence-electron chi connectivity index (χ1n) is 6.86. The molecule has 3 heteroatoms. The summed E-state index contributed by atoms with van der Waals surface area (Å²) in [5.41, 5.74) is 2.87. The minimum absolute atomic E-state index is 0.462. The standard InChI is InChI=1S/C17H17NO2/c1-2-12-7-8-14(18-11-12)10-15(19)17-9-13-5-3-4-6-16(13)20-17/h3-9,11,15,19H,2,10H2,1H3. The van der Waals surface area contributed by atoms with Crippen molar-refractivity contribution in [2.24, 2.45) is 0 Å². The molecule has 1 aromatic carbocycles. The molecule has 1 N–H and O–H groups in total. The molecule has 2 heterocycles. The summed E-state index contributed by atoms with van der Waals surface area (Å²) >= 11 is 0. The van der Waals surface area contributed by atoms with Gasteiger partial charge in [0.2, 0.25) is 0 Å². The summed E-state index contributed by atoms with van der Waals surface area (Å²) in [6.45, 7) is 2.10. The van der Waals surface area contributed by atoms with Gasteiger partial charge in [0.25, 0.3) is 0 Å². The zero-order valence-corrected chi connectivity index (χ0v) is 11.4. The summed E-state index contributed by atoms with van der Waals surface area (Å²) in [4.78, 5) is 4.37. The highest BCUT2D eigenvalue weighted by molar-refractivity contribution is 5.77. The highest BCUT2D eigenvalue weighted by atomic mass is 16.4. The van der Waals surface area contributed by atoms with Crippen molar-refractivity contribution in [3.05, 3.63) is 65.7 Å². The highest BCUT2D eigenvalue weighted by Gasteiger charge is 2.14. The van der Waals surface area contributed by atoms with Crippen LogP contribution in [0.15, 0.2) is 53.1 Å². The Morgan fingerprint density at radius 2 is 2.05 bits per heavy atom. The molecule has 3 rings (SSSR count). The lowest BCUT2D eigenvalue weighted by Crippen LogP contribution is -2.02. The van der Waals surface area contributed by atoms with Gasteiger partial charge in [-0.05, 0) is 30.2 Å². The van der Waals surface area contributed by atoms with Gasteiger partial charge in [-0.1, -0.05) is 31.2 Å². The minimum atomic E-state index is -0.664. The van der Waals surface area contributed by atoms with Gasteiger partial charge in [0, 0.05) is 23.7 Å². The Balaban J connectivity index is 1.79. The van der Waals surface area contributed by atoms with Crippen molar-refractivity contribution in [3.8, 4) is 0 Å². The van der Waals surface area contributed by atoms with Crippen molar-refractivity contribution in [1.82, 2.24) is 4.98 Å². The molecule has 0 fully saturated rings. The van der Waals surface area contributed by atoms with E-state index >= 15 is 0 Å². The molecule has 0 spiro atoms. The predicted octanol–water partition coefficient (Wildman–Crippen LogP) is 3.67. The fraction of sp³-hybridized carbons (Fsp3) is 0.235. The van der Waals surface area contributed by atoms with Gasteiger partial charge in [-0.15, -0.1) is 0 Å². The van der Waals surface area contributed by atoms with E-state index in [0.717, 1.165) is 23.1 Å². The number of aliphatic hydroxyl groups is 1. The summed E-state index contributed by atoms with van der Waals surface area (Å²) in [6.07, 6.45) is 2.63. The van der Waals surface area contributed by atoms with Crippen molar-refractivity contribution >= 4 is 11.0 Å². The second-order valence-electron chi connectivity index (χ2n) is 4.92. The number of aromatic nitrogens is 1. The molecule has 20 heavy (non-hydrogen) atoms. The van der Waals surface area contributed by atoms with E-state index in [9.17, 15) is 5.11 Å². The van der Waals surface area contributed by atoms with E-state index < -0.39 is 6.10 Å². The molecule has 0 bridgehead atoms. The first-order chi connectivity index (χ1) is 9.76. The average molecular weight is 267 g/mol. The van der Waals surface area contributed by atoms with E-state index in [-0.39, 0.29) is 0 Å². The zero-order valence-electron chi connectivity index (χ0n) is 11.4. The van der Waals surface area contributed by atoms with E-state index in [1.54, 1.807) is 0 Å². The van der Waals surface area contributed by atoms with Gasteiger partial charge in [-0.2, -0.15) is 0 Å². The van der Waals surface area contributed by atoms with Crippen molar-refractivity contribution in [3.63, 3.8) is 0 Å². The molecule has 3 nitrogen and oxygen atoms in total. The number of nitrogens with zero attached hydrogens (tertiary/aromatic N) is 1. The highest BCUT2D eigenvalue weighted by Crippen LogP contribution is 2.25. The van der Waals surface area contributed by atoms with Crippen LogP contribution in [0.4, 0.5) is 0 Å². The van der Waals surface area contributed by atoms with Gasteiger partial charge in [0.15, 0.2) is 0 Å². The van der Waals surface area contributed by atoms with Crippen LogP contribution in [0.3, 0.4) is 0 Å². The number of furan rings is 1. The van der Waals surface area contributed by atoms with E-state index in [2.05, 4.69) is 11.9 Å². The molecule has 102 valence electrons. The van der Waals surface area contributed by atoms with Gasteiger partial charge in [-0.25, -0.2) is 0 Å². The van der Waals surface area contributed by atoms with Crippen LogP contribution in [0.1, 0.15) is 30.0 Å². The van der Waals surface area contributed by atoms with E-state index in [0.29, 0.717) is 12.2 Å². The zero-order chi connectivity index (χ0) is 13.9. The number of benzene rings is 1. The van der Waals surface area contributed by atoms with Crippen molar-refractivity contribution < 1.29 is 9.52 Å². The summed E-state index contributed by atoms with van der Waals surface area (Å²) in [7, 11) is 0. The Bertz CT molecular complexity index is 667. The molecule has 0 saturated heterocycles.